The summed E-state index contributed by atoms with van der Waals surface area (Å²) in [6, 6.07) is 20.7. The highest BCUT2D eigenvalue weighted by Gasteiger charge is 2.31. The molecule has 2 heterocycles. The van der Waals surface area contributed by atoms with Gasteiger partial charge in [0.15, 0.2) is 5.76 Å². The van der Waals surface area contributed by atoms with Gasteiger partial charge in [0.2, 0.25) is 5.88 Å². The Morgan fingerprint density at radius 3 is 2.59 bits per heavy atom. The molecule has 0 bridgehead atoms. The monoisotopic (exact) mass is 457 g/mol. The smallest absolute Gasteiger partial charge is 0.289 e. The van der Waals surface area contributed by atoms with Crippen LogP contribution in [0.25, 0.3) is 5.69 Å². The Kier molecular flexibility index (Phi) is 6.08. The standard InChI is InChI=1S/C27H27N3O4/c1-19-24(18-29(17-20-13-14-20)26(31)25-12-7-15-33-25)27(30(28-19)21-8-4-3-5-9-21)34-23-11-6-10-22(16-23)32-2/h3-12,15-16,20H,13-14,17-18H2,1-2H3. The van der Waals surface area contributed by atoms with Crippen molar-refractivity contribution in [1.82, 2.24) is 14.7 Å². The number of ether oxygens (including phenoxy) is 2. The lowest BCUT2D eigenvalue weighted by Crippen LogP contribution is -2.32. The summed E-state index contributed by atoms with van der Waals surface area (Å²) in [5.41, 5.74) is 2.53. The molecule has 0 saturated heterocycles. The molecule has 2 aromatic carbocycles. The van der Waals surface area contributed by atoms with E-state index in [0.717, 1.165) is 29.8 Å². The van der Waals surface area contributed by atoms with Crippen LogP contribution in [0.4, 0.5) is 0 Å². The largest absolute Gasteiger partial charge is 0.497 e. The number of benzene rings is 2. The molecule has 0 N–H and O–H groups in total. The van der Waals surface area contributed by atoms with Crippen molar-refractivity contribution in [2.24, 2.45) is 5.92 Å². The Labute approximate surface area is 198 Å². The third-order valence-electron chi connectivity index (χ3n) is 5.94. The zero-order chi connectivity index (χ0) is 23.5. The molecular weight excluding hydrogens is 430 g/mol. The Morgan fingerprint density at radius 1 is 1.09 bits per heavy atom. The van der Waals surface area contributed by atoms with Gasteiger partial charge in [-0.05, 0) is 62.1 Å². The molecule has 2 aromatic heterocycles. The summed E-state index contributed by atoms with van der Waals surface area (Å²) in [5, 5.41) is 4.79. The molecule has 1 amide bonds. The number of amides is 1. The number of hydrogen-bond donors (Lipinski definition) is 0. The van der Waals surface area contributed by atoms with E-state index in [1.54, 1.807) is 23.9 Å². The van der Waals surface area contributed by atoms with Crippen LogP contribution in [-0.2, 0) is 6.54 Å². The van der Waals surface area contributed by atoms with Crippen molar-refractivity contribution in [3.8, 4) is 23.1 Å². The molecule has 34 heavy (non-hydrogen) atoms. The van der Waals surface area contributed by atoms with Gasteiger partial charge in [0.05, 0.1) is 36.9 Å². The molecule has 1 fully saturated rings. The van der Waals surface area contributed by atoms with E-state index in [1.807, 2.05) is 66.4 Å². The Balaban J connectivity index is 1.54. The number of furan rings is 1. The molecule has 7 heteroatoms. The molecule has 0 atom stereocenters. The number of methoxy groups -OCH3 is 1. The average molecular weight is 458 g/mol. The van der Waals surface area contributed by atoms with Crippen molar-refractivity contribution in [3.63, 3.8) is 0 Å². The molecule has 174 valence electrons. The number of rotatable bonds is 9. The first kappa shape index (κ1) is 21.8. The van der Waals surface area contributed by atoms with Crippen LogP contribution in [0.3, 0.4) is 0 Å². The van der Waals surface area contributed by atoms with Gasteiger partial charge in [-0.3, -0.25) is 4.79 Å². The van der Waals surface area contributed by atoms with E-state index < -0.39 is 0 Å². The Hall–Kier alpha value is -4.00. The molecule has 1 saturated carbocycles. The summed E-state index contributed by atoms with van der Waals surface area (Å²) in [6.45, 7) is 2.99. The van der Waals surface area contributed by atoms with Crippen LogP contribution in [0.1, 0.15) is 34.7 Å². The molecule has 1 aliphatic rings. The van der Waals surface area contributed by atoms with Crippen LogP contribution in [-0.4, -0.2) is 34.2 Å². The minimum absolute atomic E-state index is 0.129. The number of carbonyl (C=O) groups excluding carboxylic acids is 1. The maximum atomic E-state index is 13.3. The maximum Gasteiger partial charge on any atom is 0.289 e. The van der Waals surface area contributed by atoms with Crippen molar-refractivity contribution >= 4 is 5.91 Å². The molecule has 7 nitrogen and oxygen atoms in total. The molecule has 1 aliphatic carbocycles. The molecule has 0 aliphatic heterocycles. The summed E-state index contributed by atoms with van der Waals surface area (Å²) in [7, 11) is 1.62. The molecule has 5 rings (SSSR count). The zero-order valence-corrected chi connectivity index (χ0v) is 19.3. The average Bonchev–Trinajstić information content (AvgIpc) is 3.41. The lowest BCUT2D eigenvalue weighted by atomic mass is 10.2. The number of aromatic nitrogens is 2. The van der Waals surface area contributed by atoms with Crippen LogP contribution >= 0.6 is 0 Å². The highest BCUT2D eigenvalue weighted by molar-refractivity contribution is 5.91. The molecule has 0 radical (unpaired) electrons. The summed E-state index contributed by atoms with van der Waals surface area (Å²) in [6.07, 6.45) is 3.80. The Morgan fingerprint density at radius 2 is 1.88 bits per heavy atom. The van der Waals surface area contributed by atoms with Crippen LogP contribution in [0, 0.1) is 12.8 Å². The second-order valence-corrected chi connectivity index (χ2v) is 8.50. The first-order chi connectivity index (χ1) is 16.6. The Bertz CT molecular complexity index is 1260. The molecule has 4 aromatic rings. The third kappa shape index (κ3) is 4.69. The van der Waals surface area contributed by atoms with Crippen molar-refractivity contribution in [2.45, 2.75) is 26.3 Å². The predicted octanol–water partition coefficient (Wildman–Crippen LogP) is 5.63. The second kappa shape index (κ2) is 9.47. The quantitative estimate of drug-likeness (QED) is 0.326. The minimum atomic E-state index is -0.129. The first-order valence-electron chi connectivity index (χ1n) is 11.4. The van der Waals surface area contributed by atoms with Crippen LogP contribution in [0.15, 0.2) is 77.4 Å². The SMILES string of the molecule is COc1cccc(Oc2c(CN(CC3CC3)C(=O)c3ccco3)c(C)nn2-c2ccccc2)c1. The van der Waals surface area contributed by atoms with E-state index >= 15 is 0 Å². The fraction of sp³-hybridized carbons (Fsp3) is 0.259. The minimum Gasteiger partial charge on any atom is -0.497 e. The number of para-hydroxylation sites is 1. The highest BCUT2D eigenvalue weighted by Crippen LogP contribution is 2.35. The van der Waals surface area contributed by atoms with Crippen molar-refractivity contribution in [3.05, 3.63) is 90.0 Å². The van der Waals surface area contributed by atoms with Crippen LogP contribution in [0.2, 0.25) is 0 Å². The van der Waals surface area contributed by atoms with Crippen LogP contribution in [0.5, 0.6) is 17.4 Å². The van der Waals surface area contributed by atoms with Crippen LogP contribution < -0.4 is 9.47 Å². The molecule has 0 unspecified atom stereocenters. The van der Waals surface area contributed by atoms with Crippen molar-refractivity contribution in [1.29, 1.82) is 0 Å². The van der Waals surface area contributed by atoms with E-state index in [1.165, 1.54) is 6.26 Å². The van der Waals surface area contributed by atoms with Gasteiger partial charge in [-0.1, -0.05) is 24.3 Å². The normalized spacial score (nSPS) is 13.0. The fourth-order valence-corrected chi connectivity index (χ4v) is 3.92. The summed E-state index contributed by atoms with van der Waals surface area (Å²) < 4.78 is 19.0. The highest BCUT2D eigenvalue weighted by atomic mass is 16.5. The van der Waals surface area contributed by atoms with Gasteiger partial charge in [-0.25, -0.2) is 4.68 Å². The zero-order valence-electron chi connectivity index (χ0n) is 19.3. The lowest BCUT2D eigenvalue weighted by molar-refractivity contribution is 0.0701. The molecular formula is C27H27N3O4. The van der Waals surface area contributed by atoms with Gasteiger partial charge in [0.1, 0.15) is 11.5 Å². The third-order valence-corrected chi connectivity index (χ3v) is 5.94. The van der Waals surface area contributed by atoms with Crippen molar-refractivity contribution in [2.75, 3.05) is 13.7 Å². The van der Waals surface area contributed by atoms with Gasteiger partial charge in [-0.15, -0.1) is 0 Å². The van der Waals surface area contributed by atoms with E-state index in [9.17, 15) is 4.79 Å². The second-order valence-electron chi connectivity index (χ2n) is 8.50. The lowest BCUT2D eigenvalue weighted by Gasteiger charge is -2.22. The number of aryl methyl sites for hydroxylation is 1. The van der Waals surface area contributed by atoms with Gasteiger partial charge in [0, 0.05) is 12.6 Å². The van der Waals surface area contributed by atoms with Gasteiger partial charge in [0.25, 0.3) is 5.91 Å². The van der Waals surface area contributed by atoms with Gasteiger partial charge >= 0.3 is 0 Å². The fourth-order valence-electron chi connectivity index (χ4n) is 3.92. The van der Waals surface area contributed by atoms with Gasteiger partial charge in [-0.2, -0.15) is 5.10 Å². The van der Waals surface area contributed by atoms with E-state index in [0.29, 0.717) is 42.1 Å². The van der Waals surface area contributed by atoms with E-state index in [4.69, 9.17) is 19.0 Å². The van der Waals surface area contributed by atoms with Crippen molar-refractivity contribution < 1.29 is 18.7 Å². The van der Waals surface area contributed by atoms with E-state index in [2.05, 4.69) is 0 Å². The summed E-state index contributed by atoms with van der Waals surface area (Å²) >= 11 is 0. The molecule has 0 spiro atoms. The van der Waals surface area contributed by atoms with Gasteiger partial charge < -0.3 is 18.8 Å². The maximum absolute atomic E-state index is 13.3. The summed E-state index contributed by atoms with van der Waals surface area (Å²) in [5.74, 6) is 2.63. The predicted molar refractivity (Wildman–Crippen MR) is 128 cm³/mol. The number of carbonyl (C=O) groups is 1. The number of nitrogens with zero attached hydrogens (tertiary/aromatic N) is 3. The number of hydrogen-bond acceptors (Lipinski definition) is 5. The first-order valence-corrected chi connectivity index (χ1v) is 11.4. The van der Waals surface area contributed by atoms with E-state index in [-0.39, 0.29) is 5.91 Å². The topological polar surface area (TPSA) is 69.7 Å². The summed E-state index contributed by atoms with van der Waals surface area (Å²) in [4.78, 5) is 15.1.